The van der Waals surface area contributed by atoms with Gasteiger partial charge in [0, 0.05) is 0 Å². The van der Waals surface area contributed by atoms with Gasteiger partial charge in [-0.3, -0.25) is 0 Å². The lowest BCUT2D eigenvalue weighted by Gasteiger charge is -2.04. The first-order valence-electron chi connectivity index (χ1n) is 5.08. The molecule has 1 aromatic heterocycles. The molecule has 0 aliphatic rings. The molecule has 0 amide bonds. The summed E-state index contributed by atoms with van der Waals surface area (Å²) in [6.07, 6.45) is 0. The second kappa shape index (κ2) is 4.55. The van der Waals surface area contributed by atoms with Crippen LogP contribution in [-0.2, 0) is 0 Å². The van der Waals surface area contributed by atoms with Crippen molar-refractivity contribution in [2.45, 2.75) is 0 Å². The Morgan fingerprint density at radius 3 is 2.18 bits per heavy atom. The minimum absolute atomic E-state index is 0. The average Bonchev–Trinajstić information content (AvgIpc) is 2.35. The number of ether oxygens (including phenoxy) is 1. The Bertz CT molecular complexity index is 670. The van der Waals surface area contributed by atoms with Crippen LogP contribution in [0.2, 0.25) is 0 Å². The Morgan fingerprint density at radius 1 is 0.824 bits per heavy atom. The van der Waals surface area contributed by atoms with Gasteiger partial charge in [0.05, 0.1) is 23.7 Å². The van der Waals surface area contributed by atoms with Crippen LogP contribution >= 0.6 is 12.4 Å². The zero-order chi connectivity index (χ0) is 11.0. The molecule has 0 bridgehead atoms. The fourth-order valence-corrected chi connectivity index (χ4v) is 1.78. The molecule has 2 aromatic carbocycles. The van der Waals surface area contributed by atoms with Crippen molar-refractivity contribution in [1.29, 1.82) is 0 Å². The summed E-state index contributed by atoms with van der Waals surface area (Å²) >= 11 is 0. The van der Waals surface area contributed by atoms with E-state index in [1.165, 1.54) is 0 Å². The van der Waals surface area contributed by atoms with Crippen LogP contribution in [0.25, 0.3) is 22.1 Å². The highest BCUT2D eigenvalue weighted by Crippen LogP contribution is 2.24. The smallest absolute Gasteiger partial charge is 0.146 e. The summed E-state index contributed by atoms with van der Waals surface area (Å²) in [6, 6.07) is 13.6. The van der Waals surface area contributed by atoms with E-state index in [2.05, 4.69) is 9.97 Å². The lowest BCUT2D eigenvalue weighted by molar-refractivity contribution is 0.419. The quantitative estimate of drug-likeness (QED) is 0.619. The Balaban J connectivity index is 0.00000108. The highest BCUT2D eigenvalue weighted by atomic mass is 35.5. The number of halogens is 1. The molecule has 17 heavy (non-hydrogen) atoms. The molecule has 3 nitrogen and oxygen atoms in total. The molecule has 0 spiro atoms. The molecule has 3 rings (SSSR count). The van der Waals surface area contributed by atoms with Gasteiger partial charge in [-0.2, -0.15) is 0 Å². The van der Waals surface area contributed by atoms with Gasteiger partial charge in [-0.25, -0.2) is 9.97 Å². The predicted octanol–water partition coefficient (Wildman–Crippen LogP) is 3.21. The van der Waals surface area contributed by atoms with Gasteiger partial charge >= 0.3 is 0 Å². The minimum Gasteiger partial charge on any atom is -0.494 e. The maximum Gasteiger partial charge on any atom is 0.146 e. The highest BCUT2D eigenvalue weighted by molar-refractivity contribution is 5.89. The molecule has 1 heterocycles. The van der Waals surface area contributed by atoms with Crippen LogP contribution in [0.3, 0.4) is 0 Å². The second-order valence-corrected chi connectivity index (χ2v) is 3.54. The van der Waals surface area contributed by atoms with Crippen LogP contribution in [-0.4, -0.2) is 17.1 Å². The van der Waals surface area contributed by atoms with E-state index in [1.54, 1.807) is 7.11 Å². The maximum absolute atomic E-state index is 5.27. The number of fused-ring (bicyclic) bond motifs is 2. The van der Waals surface area contributed by atoms with E-state index >= 15 is 0 Å². The first-order chi connectivity index (χ1) is 7.88. The third kappa shape index (κ3) is 1.89. The summed E-state index contributed by atoms with van der Waals surface area (Å²) in [5.74, 6) is 0.760. The van der Waals surface area contributed by atoms with Crippen LogP contribution in [0.1, 0.15) is 0 Å². The lowest BCUT2D eigenvalue weighted by atomic mass is 10.2. The first-order valence-corrected chi connectivity index (χ1v) is 5.08. The summed E-state index contributed by atoms with van der Waals surface area (Å²) in [6.45, 7) is 0. The molecule has 0 N–H and O–H groups in total. The van der Waals surface area contributed by atoms with E-state index in [-0.39, 0.29) is 12.4 Å². The van der Waals surface area contributed by atoms with E-state index in [4.69, 9.17) is 4.74 Å². The van der Waals surface area contributed by atoms with Crippen molar-refractivity contribution in [3.05, 3.63) is 42.5 Å². The van der Waals surface area contributed by atoms with Crippen molar-refractivity contribution < 1.29 is 4.74 Å². The Labute approximate surface area is 105 Å². The number of aromatic nitrogens is 2. The summed E-state index contributed by atoms with van der Waals surface area (Å²) in [4.78, 5) is 9.10. The molecule has 3 aromatic rings. The van der Waals surface area contributed by atoms with Crippen molar-refractivity contribution in [1.82, 2.24) is 9.97 Å². The molecule has 0 aliphatic carbocycles. The number of benzene rings is 2. The van der Waals surface area contributed by atoms with Gasteiger partial charge in [-0.15, -0.1) is 12.4 Å². The molecule has 4 heteroatoms. The number of hydrogen-bond acceptors (Lipinski definition) is 3. The molecule has 0 saturated carbocycles. The molecule has 0 aliphatic heterocycles. The molecule has 0 fully saturated rings. The lowest BCUT2D eigenvalue weighted by Crippen LogP contribution is -1.91. The molecular formula is C13H11ClN2O. The molecule has 86 valence electrons. The third-order valence-electron chi connectivity index (χ3n) is 2.55. The number of hydrogen-bond donors (Lipinski definition) is 0. The first kappa shape index (κ1) is 11.6. The van der Waals surface area contributed by atoms with Crippen molar-refractivity contribution in [2.24, 2.45) is 0 Å². The topological polar surface area (TPSA) is 35.0 Å². The fourth-order valence-electron chi connectivity index (χ4n) is 1.78. The predicted molar refractivity (Wildman–Crippen MR) is 70.8 cm³/mol. The SMILES string of the molecule is COc1cccc2nc3ccccc3nc12.Cl. The summed E-state index contributed by atoms with van der Waals surface area (Å²) in [5.41, 5.74) is 3.46. The van der Waals surface area contributed by atoms with E-state index in [1.807, 2.05) is 42.5 Å². The van der Waals surface area contributed by atoms with Crippen molar-refractivity contribution in [3.8, 4) is 5.75 Å². The molecule has 0 radical (unpaired) electrons. The molecule has 0 saturated heterocycles. The third-order valence-corrected chi connectivity index (χ3v) is 2.55. The van der Waals surface area contributed by atoms with Crippen LogP contribution < -0.4 is 4.74 Å². The molecule has 0 atom stereocenters. The van der Waals surface area contributed by atoms with Gasteiger partial charge in [0.1, 0.15) is 11.3 Å². The van der Waals surface area contributed by atoms with Crippen molar-refractivity contribution in [2.75, 3.05) is 7.11 Å². The van der Waals surface area contributed by atoms with Gasteiger partial charge in [0.2, 0.25) is 0 Å². The normalized spacial score (nSPS) is 10.2. The number of rotatable bonds is 1. The van der Waals surface area contributed by atoms with Crippen LogP contribution in [0.5, 0.6) is 5.75 Å². The van der Waals surface area contributed by atoms with Crippen molar-refractivity contribution >= 4 is 34.5 Å². The van der Waals surface area contributed by atoms with Gasteiger partial charge in [0.25, 0.3) is 0 Å². The zero-order valence-corrected chi connectivity index (χ0v) is 10.1. The highest BCUT2D eigenvalue weighted by Gasteiger charge is 2.05. The number of methoxy groups -OCH3 is 1. The van der Waals surface area contributed by atoms with E-state index in [0.717, 1.165) is 27.8 Å². The van der Waals surface area contributed by atoms with E-state index in [0.29, 0.717) is 0 Å². The monoisotopic (exact) mass is 246 g/mol. The minimum atomic E-state index is 0. The van der Waals surface area contributed by atoms with Gasteiger partial charge in [-0.05, 0) is 24.3 Å². The Hall–Kier alpha value is -1.87. The Morgan fingerprint density at radius 2 is 1.47 bits per heavy atom. The zero-order valence-electron chi connectivity index (χ0n) is 9.25. The standard InChI is InChI=1S/C13H10N2O.ClH/c1-16-12-8-4-7-11-13(12)15-10-6-3-2-5-9(10)14-11;/h2-8H,1H3;1H. The summed E-state index contributed by atoms with van der Waals surface area (Å²) in [7, 11) is 1.64. The largest absolute Gasteiger partial charge is 0.494 e. The van der Waals surface area contributed by atoms with Crippen LogP contribution in [0, 0.1) is 0 Å². The van der Waals surface area contributed by atoms with Gasteiger partial charge < -0.3 is 4.74 Å². The number of nitrogens with zero attached hydrogens (tertiary/aromatic N) is 2. The van der Waals surface area contributed by atoms with Gasteiger partial charge in [0.15, 0.2) is 0 Å². The van der Waals surface area contributed by atoms with Crippen molar-refractivity contribution in [3.63, 3.8) is 0 Å². The van der Waals surface area contributed by atoms with Gasteiger partial charge in [-0.1, -0.05) is 18.2 Å². The summed E-state index contributed by atoms with van der Waals surface area (Å²) < 4.78 is 5.27. The average molecular weight is 247 g/mol. The van der Waals surface area contributed by atoms with E-state index < -0.39 is 0 Å². The second-order valence-electron chi connectivity index (χ2n) is 3.54. The fraction of sp³-hybridized carbons (Fsp3) is 0.0769. The molecular weight excluding hydrogens is 236 g/mol. The maximum atomic E-state index is 5.27. The van der Waals surface area contributed by atoms with Crippen LogP contribution in [0.4, 0.5) is 0 Å². The van der Waals surface area contributed by atoms with E-state index in [9.17, 15) is 0 Å². The Kier molecular flexibility index (Phi) is 3.11. The molecule has 0 unspecified atom stereocenters. The number of para-hydroxylation sites is 3. The summed E-state index contributed by atoms with van der Waals surface area (Å²) in [5, 5.41) is 0. The van der Waals surface area contributed by atoms with Crippen LogP contribution in [0.15, 0.2) is 42.5 Å².